The third-order valence-corrected chi connectivity index (χ3v) is 2.52. The fraction of sp³-hybridized carbons (Fsp3) is 0.538. The Morgan fingerprint density at radius 3 is 2.69 bits per heavy atom. The number of hydrogen-bond donors (Lipinski definition) is 0. The molecule has 1 aromatic heterocycles. The van der Waals surface area contributed by atoms with E-state index in [0.29, 0.717) is 0 Å². The van der Waals surface area contributed by atoms with Crippen LogP contribution >= 0.6 is 0 Å². The molecule has 0 radical (unpaired) electrons. The maximum absolute atomic E-state index is 10.7. The molecule has 0 fully saturated rings. The molecule has 0 atom stereocenters. The van der Waals surface area contributed by atoms with E-state index in [1.165, 1.54) is 5.56 Å². The largest absolute Gasteiger partial charge is 0.550 e. The van der Waals surface area contributed by atoms with Crippen LogP contribution in [0.5, 0.6) is 0 Å². The lowest BCUT2D eigenvalue weighted by molar-refractivity contribution is -0.703. The molecule has 1 aromatic rings. The zero-order valence-corrected chi connectivity index (χ0v) is 10.0. The quantitative estimate of drug-likeness (QED) is 0.661. The summed E-state index contributed by atoms with van der Waals surface area (Å²) >= 11 is 0. The van der Waals surface area contributed by atoms with Crippen LogP contribution < -0.4 is 9.67 Å². The Morgan fingerprint density at radius 2 is 2.12 bits per heavy atom. The summed E-state index contributed by atoms with van der Waals surface area (Å²) in [7, 11) is 0. The molecule has 0 unspecified atom stereocenters. The third kappa shape index (κ3) is 3.65. The van der Waals surface area contributed by atoms with Crippen molar-refractivity contribution in [1.29, 1.82) is 0 Å². The summed E-state index contributed by atoms with van der Waals surface area (Å²) in [5.74, 6) is -1.02. The number of nitrogens with zero attached hydrogens (tertiary/aromatic N) is 1. The van der Waals surface area contributed by atoms with Crippen LogP contribution in [0.2, 0.25) is 0 Å². The Morgan fingerprint density at radius 1 is 1.38 bits per heavy atom. The predicted molar refractivity (Wildman–Crippen MR) is 59.6 cm³/mol. The number of aryl methyl sites for hydroxylation is 2. The molecule has 3 nitrogen and oxygen atoms in total. The minimum absolute atomic E-state index is 0.00243. The molecular formula is C13H19NO2. The van der Waals surface area contributed by atoms with Gasteiger partial charge < -0.3 is 9.90 Å². The molecule has 3 heteroatoms. The lowest BCUT2D eigenvalue weighted by Gasteiger charge is -2.06. The minimum atomic E-state index is -1.02. The standard InChI is InChI=1S/C13H19NO2/c1-3-5-11-6-8-14(7-4-2)12(9-11)10-13(15)16/h6,8-9H,3-5,7,10H2,1-2H3. The Bertz CT molecular complexity index is 361. The summed E-state index contributed by atoms with van der Waals surface area (Å²) in [4.78, 5) is 10.7. The van der Waals surface area contributed by atoms with Gasteiger partial charge in [0.25, 0.3) is 0 Å². The van der Waals surface area contributed by atoms with Gasteiger partial charge >= 0.3 is 0 Å². The summed E-state index contributed by atoms with van der Waals surface area (Å²) in [6.45, 7) is 5.05. The van der Waals surface area contributed by atoms with Crippen LogP contribution in [0, 0.1) is 0 Å². The lowest BCUT2D eigenvalue weighted by atomic mass is 10.1. The molecule has 16 heavy (non-hydrogen) atoms. The Hall–Kier alpha value is -1.38. The molecule has 0 spiro atoms. The number of carbonyl (C=O) groups is 1. The molecule has 1 rings (SSSR count). The van der Waals surface area contributed by atoms with Gasteiger partial charge in [-0.25, -0.2) is 4.57 Å². The second kappa shape index (κ2) is 6.26. The van der Waals surface area contributed by atoms with Crippen molar-refractivity contribution in [1.82, 2.24) is 0 Å². The Labute approximate surface area is 96.7 Å². The number of hydrogen-bond acceptors (Lipinski definition) is 2. The number of carboxylic acids is 1. The zero-order chi connectivity index (χ0) is 12.0. The van der Waals surface area contributed by atoms with E-state index in [1.807, 2.05) is 16.8 Å². The molecule has 88 valence electrons. The topological polar surface area (TPSA) is 44.0 Å². The maximum Gasteiger partial charge on any atom is 0.187 e. The molecule has 1 heterocycles. The maximum atomic E-state index is 10.7. The van der Waals surface area contributed by atoms with Crippen LogP contribution in [0.3, 0.4) is 0 Å². The Balaban J connectivity index is 2.95. The fourth-order valence-electron chi connectivity index (χ4n) is 1.83. The molecule has 0 aromatic carbocycles. The van der Waals surface area contributed by atoms with Crippen LogP contribution in [-0.2, 0) is 24.2 Å². The van der Waals surface area contributed by atoms with Crippen molar-refractivity contribution in [3.05, 3.63) is 29.6 Å². The smallest absolute Gasteiger partial charge is 0.187 e. The van der Waals surface area contributed by atoms with Crippen LogP contribution in [0.15, 0.2) is 18.3 Å². The molecule has 0 N–H and O–H groups in total. The van der Waals surface area contributed by atoms with Gasteiger partial charge in [0.05, 0.1) is 12.4 Å². The van der Waals surface area contributed by atoms with Crippen molar-refractivity contribution < 1.29 is 14.5 Å². The van der Waals surface area contributed by atoms with Gasteiger partial charge in [0.15, 0.2) is 11.9 Å². The highest BCUT2D eigenvalue weighted by Gasteiger charge is 2.10. The van der Waals surface area contributed by atoms with Crippen LogP contribution in [0.4, 0.5) is 0 Å². The fourth-order valence-corrected chi connectivity index (χ4v) is 1.83. The average Bonchev–Trinajstić information content (AvgIpc) is 2.22. The van der Waals surface area contributed by atoms with Gasteiger partial charge in [0, 0.05) is 18.6 Å². The molecule has 0 aliphatic rings. The van der Waals surface area contributed by atoms with E-state index in [1.54, 1.807) is 0 Å². The highest BCUT2D eigenvalue weighted by Crippen LogP contribution is 2.04. The summed E-state index contributed by atoms with van der Waals surface area (Å²) in [5.41, 5.74) is 2.04. The van der Waals surface area contributed by atoms with E-state index < -0.39 is 5.97 Å². The van der Waals surface area contributed by atoms with Crippen molar-refractivity contribution in [2.45, 2.75) is 46.1 Å². The molecule has 0 aliphatic carbocycles. The van der Waals surface area contributed by atoms with Crippen molar-refractivity contribution in [3.63, 3.8) is 0 Å². The molecular weight excluding hydrogens is 202 g/mol. The van der Waals surface area contributed by atoms with Crippen LogP contribution in [0.1, 0.15) is 37.9 Å². The van der Waals surface area contributed by atoms with Gasteiger partial charge in [-0.1, -0.05) is 20.3 Å². The Kier molecular flexibility index (Phi) is 4.96. The highest BCUT2D eigenvalue weighted by atomic mass is 16.4. The second-order valence-electron chi connectivity index (χ2n) is 4.02. The number of aliphatic carboxylic acids is 1. The van der Waals surface area contributed by atoms with Crippen molar-refractivity contribution >= 4 is 5.97 Å². The number of carboxylic acid groups (broad SMARTS) is 1. The minimum Gasteiger partial charge on any atom is -0.550 e. The van der Waals surface area contributed by atoms with Crippen molar-refractivity contribution in [3.8, 4) is 0 Å². The van der Waals surface area contributed by atoms with Gasteiger partial charge in [0.2, 0.25) is 0 Å². The average molecular weight is 221 g/mol. The van der Waals surface area contributed by atoms with Crippen molar-refractivity contribution in [2.75, 3.05) is 0 Å². The molecule has 0 amide bonds. The first-order valence-electron chi connectivity index (χ1n) is 5.88. The van der Waals surface area contributed by atoms with Crippen LogP contribution in [-0.4, -0.2) is 5.97 Å². The SMILES string of the molecule is CCCc1cc[n+](CCC)c(CC(=O)[O-])c1. The normalized spacial score (nSPS) is 10.4. The van der Waals surface area contributed by atoms with E-state index >= 15 is 0 Å². The highest BCUT2D eigenvalue weighted by molar-refractivity contribution is 5.66. The van der Waals surface area contributed by atoms with Gasteiger partial charge in [-0.3, -0.25) is 0 Å². The third-order valence-electron chi connectivity index (χ3n) is 2.52. The first-order valence-corrected chi connectivity index (χ1v) is 5.88. The molecule has 0 saturated carbocycles. The number of aromatic nitrogens is 1. The zero-order valence-electron chi connectivity index (χ0n) is 10.0. The molecule has 0 saturated heterocycles. The van der Waals surface area contributed by atoms with E-state index in [4.69, 9.17) is 0 Å². The number of rotatable bonds is 6. The van der Waals surface area contributed by atoms with Crippen molar-refractivity contribution in [2.24, 2.45) is 0 Å². The van der Waals surface area contributed by atoms with E-state index in [0.717, 1.165) is 31.5 Å². The van der Waals surface area contributed by atoms with Gasteiger partial charge in [-0.2, -0.15) is 0 Å². The van der Waals surface area contributed by atoms with E-state index in [9.17, 15) is 9.90 Å². The van der Waals surface area contributed by atoms with Crippen LogP contribution in [0.25, 0.3) is 0 Å². The summed E-state index contributed by atoms with van der Waals surface area (Å²) in [5, 5.41) is 10.7. The van der Waals surface area contributed by atoms with Gasteiger partial charge in [0.1, 0.15) is 6.54 Å². The predicted octanol–water partition coefficient (Wildman–Crippen LogP) is 0.629. The summed E-state index contributed by atoms with van der Waals surface area (Å²) in [6, 6.07) is 4.05. The first-order chi connectivity index (χ1) is 7.67. The molecule has 0 bridgehead atoms. The first kappa shape index (κ1) is 12.7. The summed E-state index contributed by atoms with van der Waals surface area (Å²) in [6.07, 6.45) is 5.04. The molecule has 0 aliphatic heterocycles. The van der Waals surface area contributed by atoms with E-state index in [2.05, 4.69) is 19.9 Å². The monoisotopic (exact) mass is 221 g/mol. The van der Waals surface area contributed by atoms with E-state index in [-0.39, 0.29) is 6.42 Å². The summed E-state index contributed by atoms with van der Waals surface area (Å²) < 4.78 is 2.00. The van der Waals surface area contributed by atoms with Gasteiger partial charge in [-0.05, 0) is 12.0 Å². The second-order valence-corrected chi connectivity index (χ2v) is 4.02. The number of pyridine rings is 1. The number of carbonyl (C=O) groups excluding carboxylic acids is 1. The lowest BCUT2D eigenvalue weighted by Crippen LogP contribution is -2.41. The van der Waals surface area contributed by atoms with Gasteiger partial charge in [-0.15, -0.1) is 0 Å².